The first-order valence-corrected chi connectivity index (χ1v) is 13.2. The summed E-state index contributed by atoms with van der Waals surface area (Å²) in [6, 6.07) is 4.28. The number of nitrogens with zero attached hydrogens (tertiary/aromatic N) is 2. The van der Waals surface area contributed by atoms with Gasteiger partial charge in [-0.2, -0.15) is 0 Å². The highest BCUT2D eigenvalue weighted by atomic mass is 79.9. The van der Waals surface area contributed by atoms with Crippen LogP contribution in [0.25, 0.3) is 0 Å². The number of piperidine rings is 2. The lowest BCUT2D eigenvalue weighted by Crippen LogP contribution is -2.50. The number of halogens is 2. The maximum Gasteiger partial charge on any atom is 0.306 e. The van der Waals surface area contributed by atoms with Gasteiger partial charge < -0.3 is 19.6 Å². The number of ether oxygens (including phenoxy) is 1. The molecule has 2 fully saturated rings. The van der Waals surface area contributed by atoms with E-state index in [1.165, 1.54) is 0 Å². The minimum absolute atomic E-state index is 0.0705. The molecule has 1 N–H and O–H groups in total. The van der Waals surface area contributed by atoms with E-state index in [-0.39, 0.29) is 23.5 Å². The van der Waals surface area contributed by atoms with Gasteiger partial charge in [0.2, 0.25) is 5.91 Å². The zero-order chi connectivity index (χ0) is 23.3. The molecule has 0 aromatic heterocycles. The molecule has 178 valence electrons. The minimum atomic E-state index is -0.103. The molecule has 6 nitrogen and oxygen atoms in total. The van der Waals surface area contributed by atoms with E-state index < -0.39 is 0 Å². The van der Waals surface area contributed by atoms with Gasteiger partial charge in [-0.05, 0) is 108 Å². The number of esters is 1. The SMILES string of the molecule is CCOC(=O)CC1CCN(C2CCN(C(=O)[C@H](C)Cc3cc(Br)c(O)c(Br)c3)CC2)CC1. The molecule has 1 amide bonds. The van der Waals surface area contributed by atoms with Gasteiger partial charge in [0, 0.05) is 31.5 Å². The third-order valence-electron chi connectivity index (χ3n) is 6.74. The fourth-order valence-corrected chi connectivity index (χ4v) is 6.20. The summed E-state index contributed by atoms with van der Waals surface area (Å²) in [6.45, 7) is 7.96. The van der Waals surface area contributed by atoms with Crippen LogP contribution < -0.4 is 0 Å². The highest BCUT2D eigenvalue weighted by Gasteiger charge is 2.31. The maximum absolute atomic E-state index is 13.0. The fraction of sp³-hybridized carbons (Fsp3) is 0.667. The van der Waals surface area contributed by atoms with Crippen molar-refractivity contribution in [2.24, 2.45) is 11.8 Å². The van der Waals surface area contributed by atoms with E-state index in [4.69, 9.17) is 4.74 Å². The van der Waals surface area contributed by atoms with E-state index in [9.17, 15) is 14.7 Å². The van der Waals surface area contributed by atoms with Crippen molar-refractivity contribution in [3.8, 4) is 5.75 Å². The third-order valence-corrected chi connectivity index (χ3v) is 7.95. The van der Waals surface area contributed by atoms with Crippen LogP contribution in [0.5, 0.6) is 5.75 Å². The van der Waals surface area contributed by atoms with Crippen molar-refractivity contribution in [3.05, 3.63) is 26.6 Å². The Bertz CT molecular complexity index is 780. The number of hydrogen-bond acceptors (Lipinski definition) is 5. The number of carbonyl (C=O) groups excluding carboxylic acids is 2. The van der Waals surface area contributed by atoms with Gasteiger partial charge >= 0.3 is 5.97 Å². The van der Waals surface area contributed by atoms with E-state index in [0.29, 0.717) is 40.4 Å². The highest BCUT2D eigenvalue weighted by molar-refractivity contribution is 9.11. The van der Waals surface area contributed by atoms with Crippen LogP contribution >= 0.6 is 31.9 Å². The number of hydrogen-bond donors (Lipinski definition) is 1. The van der Waals surface area contributed by atoms with E-state index in [1.54, 1.807) is 0 Å². The minimum Gasteiger partial charge on any atom is -0.506 e. The Balaban J connectivity index is 1.43. The molecule has 1 atom stereocenters. The number of amides is 1. The van der Waals surface area contributed by atoms with Gasteiger partial charge in [-0.25, -0.2) is 0 Å². The van der Waals surface area contributed by atoms with E-state index in [2.05, 4.69) is 36.8 Å². The van der Waals surface area contributed by atoms with Crippen LogP contribution in [-0.2, 0) is 20.7 Å². The van der Waals surface area contributed by atoms with E-state index >= 15 is 0 Å². The predicted molar refractivity (Wildman–Crippen MR) is 132 cm³/mol. The number of benzene rings is 1. The lowest BCUT2D eigenvalue weighted by atomic mass is 9.91. The van der Waals surface area contributed by atoms with Crippen LogP contribution in [0.2, 0.25) is 0 Å². The lowest BCUT2D eigenvalue weighted by molar-refractivity contribution is -0.144. The van der Waals surface area contributed by atoms with Crippen molar-refractivity contribution in [2.45, 2.75) is 58.4 Å². The Labute approximate surface area is 207 Å². The summed E-state index contributed by atoms with van der Waals surface area (Å²) in [7, 11) is 0. The lowest BCUT2D eigenvalue weighted by Gasteiger charge is -2.42. The summed E-state index contributed by atoms with van der Waals surface area (Å²) in [5.74, 6) is 0.650. The smallest absolute Gasteiger partial charge is 0.306 e. The van der Waals surface area contributed by atoms with Gasteiger partial charge in [0.25, 0.3) is 0 Å². The van der Waals surface area contributed by atoms with Crippen LogP contribution in [-0.4, -0.2) is 65.6 Å². The van der Waals surface area contributed by atoms with E-state index in [0.717, 1.165) is 57.4 Å². The molecule has 0 unspecified atom stereocenters. The van der Waals surface area contributed by atoms with Crippen molar-refractivity contribution in [2.75, 3.05) is 32.8 Å². The molecule has 0 spiro atoms. The molecule has 32 heavy (non-hydrogen) atoms. The molecule has 2 saturated heterocycles. The van der Waals surface area contributed by atoms with Crippen LogP contribution in [0, 0.1) is 11.8 Å². The molecule has 2 heterocycles. The second kappa shape index (κ2) is 11.8. The molecule has 8 heteroatoms. The number of likely N-dealkylation sites (tertiary alicyclic amines) is 2. The van der Waals surface area contributed by atoms with Crippen molar-refractivity contribution in [1.82, 2.24) is 9.80 Å². The standard InChI is InChI=1S/C24H34Br2N2O4/c1-3-32-22(29)15-17-4-8-27(9-5-17)19-6-10-28(11-7-19)24(31)16(2)12-18-13-20(25)23(30)21(26)14-18/h13-14,16-17,19,30H,3-12,15H2,1-2H3/t16-/m1/s1. The Hall–Kier alpha value is -1.12. The summed E-state index contributed by atoms with van der Waals surface area (Å²) in [4.78, 5) is 29.3. The molecular formula is C24H34Br2N2O4. The summed E-state index contributed by atoms with van der Waals surface area (Å²) in [5, 5.41) is 9.89. The normalized spacial score (nSPS) is 19.7. The van der Waals surface area contributed by atoms with Crippen molar-refractivity contribution in [3.63, 3.8) is 0 Å². The Morgan fingerprint density at radius 1 is 1.09 bits per heavy atom. The first kappa shape index (κ1) is 25.5. The van der Waals surface area contributed by atoms with Gasteiger partial charge in [0.1, 0.15) is 5.75 Å². The third kappa shape index (κ3) is 6.70. The molecular weight excluding hydrogens is 540 g/mol. The highest BCUT2D eigenvalue weighted by Crippen LogP contribution is 2.34. The van der Waals surface area contributed by atoms with E-state index in [1.807, 2.05) is 30.9 Å². The van der Waals surface area contributed by atoms with Gasteiger partial charge in [0.15, 0.2) is 0 Å². The topological polar surface area (TPSA) is 70.1 Å². The molecule has 1 aromatic carbocycles. The molecule has 2 aliphatic rings. The quantitative estimate of drug-likeness (QED) is 0.477. The average Bonchev–Trinajstić information content (AvgIpc) is 2.77. The molecule has 0 bridgehead atoms. The summed E-state index contributed by atoms with van der Waals surface area (Å²) >= 11 is 6.73. The molecule has 0 saturated carbocycles. The van der Waals surface area contributed by atoms with Crippen LogP contribution in [0.15, 0.2) is 21.1 Å². The Morgan fingerprint density at radius 3 is 2.25 bits per heavy atom. The second-order valence-corrected chi connectivity index (χ2v) is 10.8. The van der Waals surface area contributed by atoms with Gasteiger partial charge in [-0.15, -0.1) is 0 Å². The Kier molecular flexibility index (Phi) is 9.44. The molecule has 3 rings (SSSR count). The second-order valence-electron chi connectivity index (χ2n) is 9.06. The Morgan fingerprint density at radius 2 is 1.69 bits per heavy atom. The molecule has 1 aromatic rings. The summed E-state index contributed by atoms with van der Waals surface area (Å²) in [5.41, 5.74) is 1.02. The van der Waals surface area contributed by atoms with Crippen molar-refractivity contribution in [1.29, 1.82) is 0 Å². The number of phenols is 1. The number of rotatable bonds is 7. The first-order chi connectivity index (χ1) is 15.3. The summed E-state index contributed by atoms with van der Waals surface area (Å²) in [6.07, 6.45) is 5.30. The maximum atomic E-state index is 13.0. The number of carbonyl (C=O) groups is 2. The largest absolute Gasteiger partial charge is 0.506 e. The molecule has 0 radical (unpaired) electrons. The first-order valence-electron chi connectivity index (χ1n) is 11.6. The zero-order valence-electron chi connectivity index (χ0n) is 19.0. The van der Waals surface area contributed by atoms with Crippen LogP contribution in [0.4, 0.5) is 0 Å². The summed E-state index contributed by atoms with van der Waals surface area (Å²) < 4.78 is 6.36. The van der Waals surface area contributed by atoms with Gasteiger partial charge in [-0.1, -0.05) is 6.92 Å². The van der Waals surface area contributed by atoms with Crippen molar-refractivity contribution >= 4 is 43.7 Å². The van der Waals surface area contributed by atoms with Gasteiger partial charge in [0.05, 0.1) is 15.6 Å². The monoisotopic (exact) mass is 572 g/mol. The van der Waals surface area contributed by atoms with Gasteiger partial charge in [-0.3, -0.25) is 9.59 Å². The fourth-order valence-electron chi connectivity index (χ4n) is 4.92. The molecule has 2 aliphatic heterocycles. The zero-order valence-corrected chi connectivity index (χ0v) is 22.2. The number of phenolic OH excluding ortho intramolecular Hbond substituents is 1. The average molecular weight is 574 g/mol. The van der Waals surface area contributed by atoms with Crippen molar-refractivity contribution < 1.29 is 19.4 Å². The molecule has 0 aliphatic carbocycles. The predicted octanol–water partition coefficient (Wildman–Crippen LogP) is 4.75. The van der Waals surface area contributed by atoms with Crippen LogP contribution in [0.3, 0.4) is 0 Å². The van der Waals surface area contributed by atoms with Crippen LogP contribution in [0.1, 0.15) is 51.5 Å². The number of aromatic hydroxyl groups is 1.